The Balaban J connectivity index is 2.29. The van der Waals surface area contributed by atoms with Crippen LogP contribution < -0.4 is 0 Å². The molecule has 3 heterocycles. The van der Waals surface area contributed by atoms with Crippen molar-refractivity contribution in [3.05, 3.63) is 0 Å². The SMILES string of the molecule is CCOC(=O)C1(C(=O)O)CN2CCC1CC2. The van der Waals surface area contributed by atoms with Crippen LogP contribution in [0.5, 0.6) is 0 Å². The van der Waals surface area contributed by atoms with Gasteiger partial charge in [0, 0.05) is 6.54 Å². The van der Waals surface area contributed by atoms with E-state index in [4.69, 9.17) is 4.74 Å². The van der Waals surface area contributed by atoms with E-state index in [0.717, 1.165) is 25.9 Å². The molecular weight excluding hydrogens is 210 g/mol. The highest BCUT2D eigenvalue weighted by Crippen LogP contribution is 2.43. The van der Waals surface area contributed by atoms with E-state index in [1.165, 1.54) is 0 Å². The minimum Gasteiger partial charge on any atom is -0.480 e. The molecule has 16 heavy (non-hydrogen) atoms. The molecule has 0 amide bonds. The van der Waals surface area contributed by atoms with Crippen LogP contribution >= 0.6 is 0 Å². The van der Waals surface area contributed by atoms with E-state index < -0.39 is 17.4 Å². The summed E-state index contributed by atoms with van der Waals surface area (Å²) in [6.07, 6.45) is 1.57. The lowest BCUT2D eigenvalue weighted by Gasteiger charge is -2.48. The standard InChI is InChI=1S/C11H17NO4/c1-2-16-10(15)11(9(13)14)7-12-5-3-8(11)4-6-12/h8H,2-7H2,1H3,(H,13,14). The maximum atomic E-state index is 11.9. The van der Waals surface area contributed by atoms with Crippen molar-refractivity contribution in [3.8, 4) is 0 Å². The van der Waals surface area contributed by atoms with Crippen LogP contribution in [0.3, 0.4) is 0 Å². The molecule has 0 saturated carbocycles. The summed E-state index contributed by atoms with van der Waals surface area (Å²) >= 11 is 0. The van der Waals surface area contributed by atoms with Crippen molar-refractivity contribution in [1.29, 1.82) is 0 Å². The van der Waals surface area contributed by atoms with Gasteiger partial charge in [0.1, 0.15) is 0 Å². The predicted octanol–water partition coefficient (Wildman–Crippen LogP) is 0.346. The molecule has 3 aliphatic rings. The molecule has 5 nitrogen and oxygen atoms in total. The Morgan fingerprint density at radius 3 is 2.44 bits per heavy atom. The van der Waals surface area contributed by atoms with Crippen molar-refractivity contribution in [2.24, 2.45) is 11.3 Å². The molecule has 0 aliphatic carbocycles. The first kappa shape index (κ1) is 11.4. The highest BCUT2D eigenvalue weighted by Gasteiger charge is 2.58. The average molecular weight is 227 g/mol. The maximum Gasteiger partial charge on any atom is 0.325 e. The lowest BCUT2D eigenvalue weighted by atomic mass is 9.66. The van der Waals surface area contributed by atoms with E-state index in [9.17, 15) is 14.7 Å². The lowest BCUT2D eigenvalue weighted by Crippen LogP contribution is -2.62. The number of carboxylic acids is 1. The molecule has 0 aromatic carbocycles. The van der Waals surface area contributed by atoms with Gasteiger partial charge in [0.15, 0.2) is 5.41 Å². The molecule has 3 rings (SSSR count). The van der Waals surface area contributed by atoms with Crippen molar-refractivity contribution in [1.82, 2.24) is 4.90 Å². The molecule has 3 aliphatic heterocycles. The smallest absolute Gasteiger partial charge is 0.325 e. The van der Waals surface area contributed by atoms with Crippen LogP contribution in [0.2, 0.25) is 0 Å². The molecule has 5 heteroatoms. The zero-order valence-electron chi connectivity index (χ0n) is 9.44. The van der Waals surface area contributed by atoms with Crippen LogP contribution in [0, 0.1) is 11.3 Å². The quantitative estimate of drug-likeness (QED) is 0.556. The molecule has 1 unspecified atom stereocenters. The third-order valence-corrected chi connectivity index (χ3v) is 3.78. The van der Waals surface area contributed by atoms with Gasteiger partial charge in [-0.2, -0.15) is 0 Å². The zero-order valence-corrected chi connectivity index (χ0v) is 9.44. The molecule has 0 aromatic heterocycles. The average Bonchev–Trinajstić information content (AvgIpc) is 2.30. The minimum absolute atomic E-state index is 0.0611. The maximum absolute atomic E-state index is 11.9. The number of fused-ring (bicyclic) bond motifs is 3. The molecule has 3 saturated heterocycles. The number of hydrogen-bond donors (Lipinski definition) is 1. The molecule has 90 valence electrons. The van der Waals surface area contributed by atoms with Crippen LogP contribution in [-0.4, -0.2) is 48.2 Å². The molecule has 0 spiro atoms. The van der Waals surface area contributed by atoms with E-state index in [1.54, 1.807) is 6.92 Å². The number of carbonyl (C=O) groups is 2. The van der Waals surface area contributed by atoms with E-state index >= 15 is 0 Å². The molecule has 0 radical (unpaired) electrons. The van der Waals surface area contributed by atoms with E-state index in [1.807, 2.05) is 4.90 Å². The van der Waals surface area contributed by atoms with Crippen molar-refractivity contribution >= 4 is 11.9 Å². The fraction of sp³-hybridized carbons (Fsp3) is 0.818. The van der Waals surface area contributed by atoms with Crippen molar-refractivity contribution in [2.75, 3.05) is 26.2 Å². The Hall–Kier alpha value is -1.10. The third kappa shape index (κ3) is 1.50. The van der Waals surface area contributed by atoms with Crippen molar-refractivity contribution in [2.45, 2.75) is 19.8 Å². The first-order valence-corrected chi connectivity index (χ1v) is 5.74. The molecule has 0 aromatic rings. The fourth-order valence-electron chi connectivity index (χ4n) is 2.89. The Morgan fingerprint density at radius 1 is 1.44 bits per heavy atom. The summed E-state index contributed by atoms with van der Waals surface area (Å²) in [4.78, 5) is 25.4. The van der Waals surface area contributed by atoms with Gasteiger partial charge in [-0.25, -0.2) is 0 Å². The number of carboxylic acid groups (broad SMARTS) is 1. The summed E-state index contributed by atoms with van der Waals surface area (Å²) in [5.41, 5.74) is -1.31. The van der Waals surface area contributed by atoms with Gasteiger partial charge < -0.3 is 14.7 Å². The second-order valence-electron chi connectivity index (χ2n) is 4.55. The number of piperidine rings is 3. The molecule has 3 fully saturated rings. The fourth-order valence-corrected chi connectivity index (χ4v) is 2.89. The second kappa shape index (κ2) is 4.05. The van der Waals surface area contributed by atoms with Crippen LogP contribution in [0.25, 0.3) is 0 Å². The monoisotopic (exact) mass is 227 g/mol. The summed E-state index contributed by atoms with van der Waals surface area (Å²) in [5.74, 6) is -1.65. The van der Waals surface area contributed by atoms with Gasteiger partial charge in [0.2, 0.25) is 0 Å². The second-order valence-corrected chi connectivity index (χ2v) is 4.55. The van der Waals surface area contributed by atoms with Gasteiger partial charge in [-0.05, 0) is 38.8 Å². The molecule has 1 atom stereocenters. The molecule has 1 N–H and O–H groups in total. The Bertz CT molecular complexity index is 309. The summed E-state index contributed by atoms with van der Waals surface area (Å²) in [5, 5.41) is 9.38. The van der Waals surface area contributed by atoms with Crippen molar-refractivity contribution in [3.63, 3.8) is 0 Å². The number of carbonyl (C=O) groups excluding carboxylic acids is 1. The van der Waals surface area contributed by atoms with Crippen LogP contribution in [-0.2, 0) is 14.3 Å². The normalized spacial score (nSPS) is 37.1. The highest BCUT2D eigenvalue weighted by atomic mass is 16.5. The van der Waals surface area contributed by atoms with Gasteiger partial charge in [0.25, 0.3) is 0 Å². The van der Waals surface area contributed by atoms with Gasteiger partial charge in [-0.15, -0.1) is 0 Å². The number of aliphatic carboxylic acids is 1. The number of rotatable bonds is 3. The minimum atomic E-state index is -1.31. The van der Waals surface area contributed by atoms with E-state index in [0.29, 0.717) is 6.54 Å². The van der Waals surface area contributed by atoms with E-state index in [2.05, 4.69) is 0 Å². The van der Waals surface area contributed by atoms with Crippen molar-refractivity contribution < 1.29 is 19.4 Å². The first-order chi connectivity index (χ1) is 7.61. The Labute approximate surface area is 94.4 Å². The summed E-state index contributed by atoms with van der Waals surface area (Å²) in [6.45, 7) is 4.05. The predicted molar refractivity (Wildman–Crippen MR) is 55.9 cm³/mol. The van der Waals surface area contributed by atoms with Crippen LogP contribution in [0.1, 0.15) is 19.8 Å². The first-order valence-electron chi connectivity index (χ1n) is 5.74. The number of nitrogens with zero attached hydrogens (tertiary/aromatic N) is 1. The van der Waals surface area contributed by atoms with Gasteiger partial charge >= 0.3 is 11.9 Å². The largest absolute Gasteiger partial charge is 0.480 e. The van der Waals surface area contributed by atoms with Crippen LogP contribution in [0.15, 0.2) is 0 Å². The summed E-state index contributed by atoms with van der Waals surface area (Å²) in [7, 11) is 0. The third-order valence-electron chi connectivity index (χ3n) is 3.78. The highest BCUT2D eigenvalue weighted by molar-refractivity contribution is 6.00. The summed E-state index contributed by atoms with van der Waals surface area (Å²) in [6, 6.07) is 0. The van der Waals surface area contributed by atoms with Gasteiger partial charge in [-0.1, -0.05) is 0 Å². The molecule has 2 bridgehead atoms. The van der Waals surface area contributed by atoms with Gasteiger partial charge in [0.05, 0.1) is 6.61 Å². The number of ether oxygens (including phenoxy) is 1. The summed E-state index contributed by atoms with van der Waals surface area (Å²) < 4.78 is 4.95. The zero-order chi connectivity index (χ0) is 11.8. The Kier molecular flexibility index (Phi) is 2.88. The van der Waals surface area contributed by atoms with Crippen LogP contribution in [0.4, 0.5) is 0 Å². The van der Waals surface area contributed by atoms with E-state index in [-0.39, 0.29) is 12.5 Å². The Morgan fingerprint density at radius 2 is 2.06 bits per heavy atom. The molecular formula is C11H17NO4. The lowest BCUT2D eigenvalue weighted by molar-refractivity contribution is -0.183. The topological polar surface area (TPSA) is 66.8 Å². The number of esters is 1. The van der Waals surface area contributed by atoms with Gasteiger partial charge in [-0.3, -0.25) is 9.59 Å². The number of hydrogen-bond acceptors (Lipinski definition) is 4.